The molecule has 104 valence electrons. The maximum Gasteiger partial charge on any atom is 0.133 e. The monoisotopic (exact) mass is 332 g/mol. The third kappa shape index (κ3) is 2.48. The molecule has 0 saturated carbocycles. The Hall–Kier alpha value is -1.32. The molecule has 0 aliphatic heterocycles. The highest BCUT2D eigenvalue weighted by Gasteiger charge is 2.28. The molecule has 1 N–H and O–H groups in total. The van der Waals surface area contributed by atoms with Gasteiger partial charge >= 0.3 is 0 Å². The Labute approximate surface area is 127 Å². The summed E-state index contributed by atoms with van der Waals surface area (Å²) in [5.41, 5.74) is 3.74. The minimum atomic E-state index is -0.435. The van der Waals surface area contributed by atoms with Gasteiger partial charge in [0, 0.05) is 0 Å². The van der Waals surface area contributed by atoms with Crippen LogP contribution >= 0.6 is 15.9 Å². The summed E-state index contributed by atoms with van der Waals surface area (Å²) in [7, 11) is 1.64. The fourth-order valence-corrected chi connectivity index (χ4v) is 3.43. The molecule has 0 saturated heterocycles. The molecule has 3 rings (SSSR count). The molecule has 2 atom stereocenters. The number of hydrogen-bond donors (Lipinski definition) is 1. The minimum absolute atomic E-state index is 0.435. The van der Waals surface area contributed by atoms with Crippen LogP contribution in [-0.4, -0.2) is 12.2 Å². The summed E-state index contributed by atoms with van der Waals surface area (Å²) in [6, 6.07) is 14.2. The first-order valence-corrected chi connectivity index (χ1v) is 7.57. The fraction of sp³-hybridized carbons (Fsp3) is 0.294. The van der Waals surface area contributed by atoms with Gasteiger partial charge in [0.25, 0.3) is 0 Å². The zero-order chi connectivity index (χ0) is 14.1. The highest BCUT2D eigenvalue weighted by Crippen LogP contribution is 2.41. The van der Waals surface area contributed by atoms with Crippen molar-refractivity contribution in [2.24, 2.45) is 0 Å². The lowest BCUT2D eigenvalue weighted by Gasteiger charge is -2.31. The van der Waals surface area contributed by atoms with Crippen LogP contribution in [0.5, 0.6) is 5.75 Å². The summed E-state index contributed by atoms with van der Waals surface area (Å²) >= 11 is 3.46. The Bertz CT molecular complexity index is 624. The SMILES string of the molecule is COc1ccc(C(O)CC2Cc3ccccc32)cc1Br. The van der Waals surface area contributed by atoms with Crippen molar-refractivity contribution in [1.82, 2.24) is 0 Å². The van der Waals surface area contributed by atoms with Gasteiger partial charge in [-0.15, -0.1) is 0 Å². The second kappa shape index (κ2) is 5.58. The van der Waals surface area contributed by atoms with Crippen molar-refractivity contribution in [3.05, 3.63) is 63.6 Å². The van der Waals surface area contributed by atoms with Crippen molar-refractivity contribution in [3.8, 4) is 5.75 Å². The summed E-state index contributed by atoms with van der Waals surface area (Å²) in [5, 5.41) is 10.4. The average molecular weight is 333 g/mol. The molecule has 2 unspecified atom stereocenters. The summed E-state index contributed by atoms with van der Waals surface area (Å²) in [6.07, 6.45) is 1.41. The normalized spacial score (nSPS) is 18.1. The molecule has 0 fully saturated rings. The van der Waals surface area contributed by atoms with Crippen molar-refractivity contribution in [1.29, 1.82) is 0 Å². The first-order chi connectivity index (χ1) is 9.69. The van der Waals surface area contributed by atoms with Crippen LogP contribution in [0.1, 0.15) is 35.1 Å². The Morgan fingerprint density at radius 3 is 2.80 bits per heavy atom. The third-order valence-electron chi connectivity index (χ3n) is 4.03. The van der Waals surface area contributed by atoms with Crippen molar-refractivity contribution < 1.29 is 9.84 Å². The molecule has 20 heavy (non-hydrogen) atoms. The Balaban J connectivity index is 1.72. The van der Waals surface area contributed by atoms with E-state index in [4.69, 9.17) is 4.74 Å². The summed E-state index contributed by atoms with van der Waals surface area (Å²) in [4.78, 5) is 0. The molecular weight excluding hydrogens is 316 g/mol. The number of aliphatic hydroxyl groups is 1. The largest absolute Gasteiger partial charge is 0.496 e. The maximum atomic E-state index is 10.4. The van der Waals surface area contributed by atoms with Gasteiger partial charge in [-0.3, -0.25) is 0 Å². The van der Waals surface area contributed by atoms with Crippen LogP contribution in [0.3, 0.4) is 0 Å². The summed E-state index contributed by atoms with van der Waals surface area (Å²) in [6.45, 7) is 0. The van der Waals surface area contributed by atoms with Crippen LogP contribution in [0.25, 0.3) is 0 Å². The van der Waals surface area contributed by atoms with Gasteiger partial charge in [0.1, 0.15) is 5.75 Å². The number of methoxy groups -OCH3 is 1. The molecule has 0 radical (unpaired) electrons. The third-order valence-corrected chi connectivity index (χ3v) is 4.65. The van der Waals surface area contributed by atoms with Crippen LogP contribution in [-0.2, 0) is 6.42 Å². The fourth-order valence-electron chi connectivity index (χ4n) is 2.87. The van der Waals surface area contributed by atoms with Gasteiger partial charge in [0.05, 0.1) is 17.7 Å². The lowest BCUT2D eigenvalue weighted by Crippen LogP contribution is -2.19. The Morgan fingerprint density at radius 1 is 1.30 bits per heavy atom. The molecule has 2 nitrogen and oxygen atoms in total. The van der Waals surface area contributed by atoms with Crippen LogP contribution in [0.4, 0.5) is 0 Å². The van der Waals surface area contributed by atoms with Gasteiger partial charge in [-0.2, -0.15) is 0 Å². The van der Waals surface area contributed by atoms with Crippen molar-refractivity contribution in [3.63, 3.8) is 0 Å². The molecule has 0 spiro atoms. The number of aliphatic hydroxyl groups excluding tert-OH is 1. The molecule has 2 aromatic carbocycles. The van der Waals surface area contributed by atoms with Gasteiger partial charge < -0.3 is 9.84 Å². The van der Waals surface area contributed by atoms with E-state index in [1.165, 1.54) is 11.1 Å². The second-order valence-electron chi connectivity index (χ2n) is 5.25. The zero-order valence-corrected chi connectivity index (χ0v) is 12.9. The van der Waals surface area contributed by atoms with E-state index in [0.29, 0.717) is 5.92 Å². The standard InChI is InChI=1S/C17H17BrO2/c1-20-17-7-6-12(9-15(17)18)16(19)10-13-8-11-4-2-3-5-14(11)13/h2-7,9,13,16,19H,8,10H2,1H3. The molecule has 3 heteroatoms. The van der Waals surface area contributed by atoms with E-state index >= 15 is 0 Å². The van der Waals surface area contributed by atoms with E-state index in [-0.39, 0.29) is 0 Å². The van der Waals surface area contributed by atoms with E-state index in [9.17, 15) is 5.11 Å². The van der Waals surface area contributed by atoms with Crippen LogP contribution in [0.15, 0.2) is 46.9 Å². The van der Waals surface area contributed by atoms with Crippen molar-refractivity contribution in [2.45, 2.75) is 24.9 Å². The highest BCUT2D eigenvalue weighted by atomic mass is 79.9. The first kappa shape index (κ1) is 13.7. The zero-order valence-electron chi connectivity index (χ0n) is 11.3. The van der Waals surface area contributed by atoms with E-state index in [1.54, 1.807) is 7.11 Å². The lowest BCUT2D eigenvalue weighted by atomic mass is 9.74. The van der Waals surface area contributed by atoms with Gasteiger partial charge in [-0.1, -0.05) is 30.3 Å². The number of benzene rings is 2. The van der Waals surface area contributed by atoms with Crippen LogP contribution in [0.2, 0.25) is 0 Å². The number of ether oxygens (including phenoxy) is 1. The van der Waals surface area contributed by atoms with Crippen LogP contribution in [0, 0.1) is 0 Å². The number of fused-ring (bicyclic) bond motifs is 1. The predicted molar refractivity (Wildman–Crippen MR) is 83.2 cm³/mol. The van der Waals surface area contributed by atoms with E-state index < -0.39 is 6.10 Å². The molecule has 0 bridgehead atoms. The van der Waals surface area contributed by atoms with Gasteiger partial charge in [0.15, 0.2) is 0 Å². The highest BCUT2D eigenvalue weighted by molar-refractivity contribution is 9.10. The quantitative estimate of drug-likeness (QED) is 0.908. The Kier molecular flexibility index (Phi) is 3.81. The minimum Gasteiger partial charge on any atom is -0.496 e. The molecule has 0 heterocycles. The molecule has 1 aliphatic carbocycles. The first-order valence-electron chi connectivity index (χ1n) is 6.78. The van der Waals surface area contributed by atoms with Gasteiger partial charge in [0.2, 0.25) is 0 Å². The summed E-state index contributed by atoms with van der Waals surface area (Å²) in [5.74, 6) is 1.26. The number of halogens is 1. The van der Waals surface area contributed by atoms with E-state index in [0.717, 1.165) is 28.6 Å². The number of rotatable bonds is 4. The maximum absolute atomic E-state index is 10.4. The molecule has 0 amide bonds. The van der Waals surface area contributed by atoms with E-state index in [2.05, 4.69) is 40.2 Å². The predicted octanol–water partition coefficient (Wildman–Crippen LogP) is 4.22. The molecular formula is C17H17BrO2. The topological polar surface area (TPSA) is 29.5 Å². The average Bonchev–Trinajstić information content (AvgIpc) is 2.44. The van der Waals surface area contributed by atoms with E-state index in [1.807, 2.05) is 18.2 Å². The molecule has 1 aliphatic rings. The van der Waals surface area contributed by atoms with Crippen molar-refractivity contribution in [2.75, 3.05) is 7.11 Å². The molecule has 0 aromatic heterocycles. The lowest BCUT2D eigenvalue weighted by molar-refractivity contribution is 0.153. The molecule has 2 aromatic rings. The van der Waals surface area contributed by atoms with Crippen molar-refractivity contribution >= 4 is 15.9 Å². The van der Waals surface area contributed by atoms with Crippen LogP contribution < -0.4 is 4.74 Å². The second-order valence-corrected chi connectivity index (χ2v) is 6.10. The van der Waals surface area contributed by atoms with Gasteiger partial charge in [-0.25, -0.2) is 0 Å². The smallest absolute Gasteiger partial charge is 0.133 e. The summed E-state index contributed by atoms with van der Waals surface area (Å²) < 4.78 is 6.09. The van der Waals surface area contributed by atoms with Gasteiger partial charge in [-0.05, 0) is 63.5 Å². The Morgan fingerprint density at radius 2 is 2.10 bits per heavy atom. The number of hydrogen-bond acceptors (Lipinski definition) is 2.